The number of hydrazone groups is 1. The third-order valence-corrected chi connectivity index (χ3v) is 3.87. The zero-order valence-corrected chi connectivity index (χ0v) is 15.2. The van der Waals surface area contributed by atoms with Crippen molar-refractivity contribution in [1.82, 2.24) is 5.43 Å². The molecule has 2 aromatic carbocycles. The molecular weight excluding hydrogens is 370 g/mol. The summed E-state index contributed by atoms with van der Waals surface area (Å²) in [7, 11) is 1.61. The van der Waals surface area contributed by atoms with Crippen LogP contribution >= 0.6 is 15.9 Å². The number of halogens is 1. The number of methoxy groups -OCH3 is 1. The summed E-state index contributed by atoms with van der Waals surface area (Å²) in [5, 5.41) is 7.22. The number of hydrogen-bond donors (Lipinski definition) is 2. The Hall–Kier alpha value is -2.34. The van der Waals surface area contributed by atoms with Gasteiger partial charge in [-0.3, -0.25) is 4.79 Å². The molecule has 126 valence electrons. The molecule has 0 saturated carbocycles. The van der Waals surface area contributed by atoms with Crippen molar-refractivity contribution in [3.8, 4) is 5.75 Å². The lowest BCUT2D eigenvalue weighted by atomic mass is 10.2. The lowest BCUT2D eigenvalue weighted by molar-refractivity contribution is -0.121. The van der Waals surface area contributed by atoms with Crippen molar-refractivity contribution in [3.63, 3.8) is 0 Å². The second-order valence-corrected chi connectivity index (χ2v) is 6.04. The van der Waals surface area contributed by atoms with Gasteiger partial charge in [-0.05, 0) is 42.3 Å². The standard InChI is InChI=1S/C18H20BrN3O2/c1-3-17(21-15-8-5-7-14(19)11-15)18(23)22-20-12-13-6-4-9-16(10-13)24-2/h4-12,17,21H,3H2,1-2H3,(H,22,23)/b20-12+. The summed E-state index contributed by atoms with van der Waals surface area (Å²) < 4.78 is 6.11. The number of rotatable bonds is 7. The topological polar surface area (TPSA) is 62.7 Å². The highest BCUT2D eigenvalue weighted by molar-refractivity contribution is 9.10. The van der Waals surface area contributed by atoms with E-state index in [1.54, 1.807) is 13.3 Å². The predicted octanol–water partition coefficient (Wildman–Crippen LogP) is 3.80. The molecule has 0 aromatic heterocycles. The Morgan fingerprint density at radius 1 is 1.29 bits per heavy atom. The molecule has 0 saturated heterocycles. The smallest absolute Gasteiger partial charge is 0.262 e. The number of nitrogens with zero attached hydrogens (tertiary/aromatic N) is 1. The van der Waals surface area contributed by atoms with E-state index in [4.69, 9.17) is 4.74 Å². The van der Waals surface area contributed by atoms with Crippen molar-refractivity contribution < 1.29 is 9.53 Å². The van der Waals surface area contributed by atoms with Gasteiger partial charge in [0.05, 0.1) is 13.3 Å². The largest absolute Gasteiger partial charge is 0.497 e. The fourth-order valence-electron chi connectivity index (χ4n) is 2.10. The molecule has 0 aliphatic heterocycles. The van der Waals surface area contributed by atoms with Gasteiger partial charge in [0.1, 0.15) is 11.8 Å². The number of hydrogen-bond acceptors (Lipinski definition) is 4. The van der Waals surface area contributed by atoms with Crippen LogP contribution in [0.4, 0.5) is 5.69 Å². The van der Waals surface area contributed by atoms with Crippen molar-refractivity contribution >= 4 is 33.7 Å². The van der Waals surface area contributed by atoms with Gasteiger partial charge in [0.15, 0.2) is 0 Å². The lowest BCUT2D eigenvalue weighted by Gasteiger charge is -2.16. The van der Waals surface area contributed by atoms with Crippen LogP contribution in [0.25, 0.3) is 0 Å². The van der Waals surface area contributed by atoms with Crippen molar-refractivity contribution in [2.75, 3.05) is 12.4 Å². The van der Waals surface area contributed by atoms with Crippen molar-refractivity contribution in [1.29, 1.82) is 0 Å². The average Bonchev–Trinajstić information content (AvgIpc) is 2.59. The molecule has 2 N–H and O–H groups in total. The van der Waals surface area contributed by atoms with Crippen LogP contribution in [0, 0.1) is 0 Å². The minimum Gasteiger partial charge on any atom is -0.497 e. The molecule has 24 heavy (non-hydrogen) atoms. The SMILES string of the molecule is CCC(Nc1cccc(Br)c1)C(=O)N/N=C/c1cccc(OC)c1. The quantitative estimate of drug-likeness (QED) is 0.559. The van der Waals surface area contributed by atoms with E-state index < -0.39 is 0 Å². The summed E-state index contributed by atoms with van der Waals surface area (Å²) in [6.45, 7) is 1.95. The molecule has 0 spiro atoms. The van der Waals surface area contributed by atoms with Gasteiger partial charge in [-0.15, -0.1) is 0 Å². The molecule has 1 amide bonds. The van der Waals surface area contributed by atoms with Gasteiger partial charge >= 0.3 is 0 Å². The third-order valence-electron chi connectivity index (χ3n) is 3.37. The van der Waals surface area contributed by atoms with Crippen LogP contribution in [0.1, 0.15) is 18.9 Å². The Labute approximate surface area is 150 Å². The molecular formula is C18H20BrN3O2. The molecule has 0 radical (unpaired) electrons. The molecule has 0 fully saturated rings. The van der Waals surface area contributed by atoms with E-state index in [0.29, 0.717) is 6.42 Å². The molecule has 2 aromatic rings. The molecule has 1 atom stereocenters. The molecule has 1 unspecified atom stereocenters. The van der Waals surface area contributed by atoms with E-state index >= 15 is 0 Å². The van der Waals surface area contributed by atoms with Crippen LogP contribution in [-0.4, -0.2) is 25.3 Å². The maximum atomic E-state index is 12.3. The van der Waals surface area contributed by atoms with Crippen LogP contribution < -0.4 is 15.5 Å². The Kier molecular flexibility index (Phi) is 6.81. The molecule has 0 aliphatic rings. The number of nitrogens with one attached hydrogen (secondary N) is 2. The Balaban J connectivity index is 1.95. The lowest BCUT2D eigenvalue weighted by Crippen LogP contribution is -2.36. The summed E-state index contributed by atoms with van der Waals surface area (Å²) in [5.41, 5.74) is 4.30. The Bertz CT molecular complexity index is 719. The van der Waals surface area contributed by atoms with Gasteiger partial charge in [0.25, 0.3) is 5.91 Å². The summed E-state index contributed by atoms with van der Waals surface area (Å²) >= 11 is 3.42. The number of carbonyl (C=O) groups is 1. The minimum atomic E-state index is -0.359. The van der Waals surface area contributed by atoms with Gasteiger partial charge in [0, 0.05) is 10.2 Å². The van der Waals surface area contributed by atoms with E-state index in [0.717, 1.165) is 21.5 Å². The van der Waals surface area contributed by atoms with Gasteiger partial charge in [-0.25, -0.2) is 5.43 Å². The van der Waals surface area contributed by atoms with E-state index in [-0.39, 0.29) is 11.9 Å². The summed E-state index contributed by atoms with van der Waals surface area (Å²) in [4.78, 5) is 12.3. The highest BCUT2D eigenvalue weighted by atomic mass is 79.9. The fraction of sp³-hybridized carbons (Fsp3) is 0.222. The Morgan fingerprint density at radius 2 is 2.08 bits per heavy atom. The fourth-order valence-corrected chi connectivity index (χ4v) is 2.50. The molecule has 0 heterocycles. The maximum absolute atomic E-state index is 12.3. The van der Waals surface area contributed by atoms with E-state index in [2.05, 4.69) is 31.8 Å². The first-order valence-electron chi connectivity index (χ1n) is 7.61. The van der Waals surface area contributed by atoms with E-state index in [9.17, 15) is 4.79 Å². The molecule has 6 heteroatoms. The second kappa shape index (κ2) is 9.08. The van der Waals surface area contributed by atoms with Gasteiger partial charge in [-0.2, -0.15) is 5.10 Å². The van der Waals surface area contributed by atoms with Gasteiger partial charge in [0.2, 0.25) is 0 Å². The third kappa shape index (κ3) is 5.38. The minimum absolute atomic E-state index is 0.184. The first-order valence-corrected chi connectivity index (χ1v) is 8.40. The Morgan fingerprint density at radius 3 is 2.79 bits per heavy atom. The van der Waals surface area contributed by atoms with Crippen molar-refractivity contribution in [2.24, 2.45) is 5.10 Å². The number of ether oxygens (including phenoxy) is 1. The first-order chi connectivity index (χ1) is 11.6. The molecule has 5 nitrogen and oxygen atoms in total. The average molecular weight is 390 g/mol. The zero-order valence-electron chi connectivity index (χ0n) is 13.6. The molecule has 0 bridgehead atoms. The van der Waals surface area contributed by atoms with Crippen LogP contribution in [0.15, 0.2) is 58.1 Å². The van der Waals surface area contributed by atoms with Gasteiger partial charge < -0.3 is 10.1 Å². The predicted molar refractivity (Wildman–Crippen MR) is 101 cm³/mol. The zero-order chi connectivity index (χ0) is 17.4. The van der Waals surface area contributed by atoms with Crippen LogP contribution in [0.2, 0.25) is 0 Å². The van der Waals surface area contributed by atoms with Crippen molar-refractivity contribution in [2.45, 2.75) is 19.4 Å². The monoisotopic (exact) mass is 389 g/mol. The summed E-state index contributed by atoms with van der Waals surface area (Å²) in [6.07, 6.45) is 2.24. The number of carbonyl (C=O) groups excluding carboxylic acids is 1. The van der Waals surface area contributed by atoms with Crippen molar-refractivity contribution in [3.05, 3.63) is 58.6 Å². The number of amides is 1. The van der Waals surface area contributed by atoms with Crippen LogP contribution in [0.3, 0.4) is 0 Å². The van der Waals surface area contributed by atoms with Crippen LogP contribution in [0.5, 0.6) is 5.75 Å². The summed E-state index contributed by atoms with van der Waals surface area (Å²) in [6, 6.07) is 14.8. The number of benzene rings is 2. The second-order valence-electron chi connectivity index (χ2n) is 5.13. The van der Waals surface area contributed by atoms with E-state index in [1.165, 1.54) is 0 Å². The highest BCUT2D eigenvalue weighted by Crippen LogP contribution is 2.17. The normalized spacial score (nSPS) is 12.0. The van der Waals surface area contributed by atoms with E-state index in [1.807, 2.05) is 55.5 Å². The number of anilines is 1. The van der Waals surface area contributed by atoms with Gasteiger partial charge in [-0.1, -0.05) is 41.1 Å². The highest BCUT2D eigenvalue weighted by Gasteiger charge is 2.15. The maximum Gasteiger partial charge on any atom is 0.262 e. The van der Waals surface area contributed by atoms with Crippen LogP contribution in [-0.2, 0) is 4.79 Å². The molecule has 0 aliphatic carbocycles. The first kappa shape index (κ1) is 18.0. The summed E-state index contributed by atoms with van der Waals surface area (Å²) in [5.74, 6) is 0.560. The molecule has 2 rings (SSSR count).